The number of amides is 1. The number of carbonyl (C=O) groups excluding carboxylic acids is 1. The fraction of sp³-hybridized carbons (Fsp3) is 0.278. The molecule has 1 saturated heterocycles. The van der Waals surface area contributed by atoms with E-state index in [2.05, 4.69) is 22.3 Å². The molecule has 0 spiro atoms. The molecule has 6 heteroatoms. The van der Waals surface area contributed by atoms with Gasteiger partial charge in [0, 0.05) is 38.2 Å². The number of benzene rings is 1. The van der Waals surface area contributed by atoms with Gasteiger partial charge in [-0.05, 0) is 17.7 Å². The van der Waals surface area contributed by atoms with E-state index < -0.39 is 0 Å². The molecule has 3 aromatic rings. The van der Waals surface area contributed by atoms with E-state index in [1.54, 1.807) is 0 Å². The average Bonchev–Trinajstić information content (AvgIpc) is 3.35. The van der Waals surface area contributed by atoms with Crippen molar-refractivity contribution in [2.45, 2.75) is 11.8 Å². The van der Waals surface area contributed by atoms with E-state index in [9.17, 15) is 4.79 Å². The van der Waals surface area contributed by atoms with Crippen LogP contribution >= 0.6 is 0 Å². The summed E-state index contributed by atoms with van der Waals surface area (Å²) in [5.74, 6) is 0.892. The lowest BCUT2D eigenvalue weighted by Gasteiger charge is -2.17. The molecular formula is C18H18N4O2. The van der Waals surface area contributed by atoms with Crippen LogP contribution in [0, 0.1) is 0 Å². The van der Waals surface area contributed by atoms with Crippen molar-refractivity contribution >= 4 is 5.91 Å². The van der Waals surface area contributed by atoms with Crippen LogP contribution in [0.5, 0.6) is 0 Å². The third-order valence-electron chi connectivity index (χ3n) is 4.71. The van der Waals surface area contributed by atoms with Crippen molar-refractivity contribution in [3.05, 3.63) is 72.1 Å². The normalized spacial score (nSPS) is 20.5. The zero-order valence-electron chi connectivity index (χ0n) is 13.4. The highest BCUT2D eigenvalue weighted by atomic mass is 16.5. The maximum Gasteiger partial charge on any atom is 0.270 e. The molecule has 122 valence electrons. The average molecular weight is 322 g/mol. The van der Waals surface area contributed by atoms with Gasteiger partial charge in [0.25, 0.3) is 5.91 Å². The molecular weight excluding hydrogens is 304 g/mol. The molecule has 1 aliphatic heterocycles. The van der Waals surface area contributed by atoms with Crippen LogP contribution in [0.1, 0.15) is 33.7 Å². The van der Waals surface area contributed by atoms with Crippen LogP contribution in [0.15, 0.2) is 59.6 Å². The van der Waals surface area contributed by atoms with Crippen molar-refractivity contribution in [2.75, 3.05) is 13.1 Å². The Labute approximate surface area is 139 Å². The zero-order chi connectivity index (χ0) is 16.5. The second-order valence-corrected chi connectivity index (χ2v) is 6.13. The maximum atomic E-state index is 12.9. The Bertz CT molecular complexity index is 826. The minimum absolute atomic E-state index is 0.0365. The summed E-state index contributed by atoms with van der Waals surface area (Å²) in [6, 6.07) is 13.9. The van der Waals surface area contributed by atoms with Gasteiger partial charge < -0.3 is 14.0 Å². The number of nitrogens with zero attached hydrogens (tertiary/aromatic N) is 4. The van der Waals surface area contributed by atoms with Crippen molar-refractivity contribution in [3.63, 3.8) is 0 Å². The van der Waals surface area contributed by atoms with Gasteiger partial charge >= 0.3 is 0 Å². The summed E-state index contributed by atoms with van der Waals surface area (Å²) in [5, 5.41) is 4.02. The molecule has 2 atom stereocenters. The first-order valence-electron chi connectivity index (χ1n) is 7.96. The van der Waals surface area contributed by atoms with E-state index >= 15 is 0 Å². The summed E-state index contributed by atoms with van der Waals surface area (Å²) >= 11 is 0. The Morgan fingerprint density at radius 2 is 1.92 bits per heavy atom. The zero-order valence-corrected chi connectivity index (χ0v) is 13.4. The van der Waals surface area contributed by atoms with Crippen LogP contribution in [0.3, 0.4) is 0 Å². The van der Waals surface area contributed by atoms with Crippen molar-refractivity contribution < 1.29 is 9.32 Å². The molecule has 4 rings (SSSR count). The molecule has 6 nitrogen and oxygen atoms in total. The Balaban J connectivity index is 1.66. The minimum Gasteiger partial charge on any atom is -0.347 e. The first-order chi connectivity index (χ1) is 11.7. The molecule has 1 aromatic carbocycles. The number of aromatic nitrogens is 3. The van der Waals surface area contributed by atoms with Crippen molar-refractivity contribution in [3.8, 4) is 0 Å². The van der Waals surface area contributed by atoms with Crippen molar-refractivity contribution in [1.29, 1.82) is 0 Å². The number of hydrogen-bond acceptors (Lipinski definition) is 4. The molecule has 0 radical (unpaired) electrons. The van der Waals surface area contributed by atoms with Gasteiger partial charge in [-0.15, -0.1) is 0 Å². The minimum atomic E-state index is 0.0365. The second-order valence-electron chi connectivity index (χ2n) is 6.13. The maximum absolute atomic E-state index is 12.9. The van der Waals surface area contributed by atoms with Gasteiger partial charge in [0.1, 0.15) is 5.69 Å². The lowest BCUT2D eigenvalue weighted by atomic mass is 9.88. The van der Waals surface area contributed by atoms with Gasteiger partial charge in [0.2, 0.25) is 6.39 Å². The first-order valence-corrected chi connectivity index (χ1v) is 7.96. The highest BCUT2D eigenvalue weighted by Crippen LogP contribution is 2.38. The van der Waals surface area contributed by atoms with Gasteiger partial charge in [-0.2, -0.15) is 4.98 Å². The van der Waals surface area contributed by atoms with Crippen LogP contribution in [-0.2, 0) is 7.05 Å². The van der Waals surface area contributed by atoms with E-state index in [1.807, 2.05) is 53.0 Å². The molecule has 0 saturated carbocycles. The highest BCUT2D eigenvalue weighted by molar-refractivity contribution is 5.93. The van der Waals surface area contributed by atoms with Crippen molar-refractivity contribution in [1.82, 2.24) is 19.6 Å². The molecule has 1 aliphatic rings. The fourth-order valence-corrected chi connectivity index (χ4v) is 3.46. The van der Waals surface area contributed by atoms with E-state index in [-0.39, 0.29) is 17.7 Å². The molecule has 0 aliphatic carbocycles. The van der Waals surface area contributed by atoms with E-state index in [4.69, 9.17) is 4.52 Å². The van der Waals surface area contributed by atoms with Gasteiger partial charge in [0.15, 0.2) is 5.82 Å². The molecule has 1 amide bonds. The molecule has 0 N–H and O–H groups in total. The van der Waals surface area contributed by atoms with E-state index in [0.29, 0.717) is 24.6 Å². The summed E-state index contributed by atoms with van der Waals surface area (Å²) in [6.07, 6.45) is 3.23. The fourth-order valence-electron chi connectivity index (χ4n) is 3.46. The Morgan fingerprint density at radius 1 is 1.12 bits per heavy atom. The third kappa shape index (κ3) is 2.50. The topological polar surface area (TPSA) is 64.2 Å². The smallest absolute Gasteiger partial charge is 0.270 e. The molecule has 3 heterocycles. The summed E-state index contributed by atoms with van der Waals surface area (Å²) in [6.45, 7) is 1.23. The molecule has 24 heavy (non-hydrogen) atoms. The molecule has 1 fully saturated rings. The summed E-state index contributed by atoms with van der Waals surface area (Å²) < 4.78 is 6.78. The number of likely N-dealkylation sites (tertiary alicyclic amines) is 1. The molecule has 0 unspecified atom stereocenters. The second kappa shape index (κ2) is 5.96. The van der Waals surface area contributed by atoms with E-state index in [1.165, 1.54) is 12.0 Å². The predicted octanol–water partition coefficient (Wildman–Crippen LogP) is 2.43. The van der Waals surface area contributed by atoms with Gasteiger partial charge in [0.05, 0.1) is 0 Å². The van der Waals surface area contributed by atoms with Crippen molar-refractivity contribution in [2.24, 2.45) is 7.05 Å². The summed E-state index contributed by atoms with van der Waals surface area (Å²) in [5.41, 5.74) is 1.88. The summed E-state index contributed by atoms with van der Waals surface area (Å²) in [7, 11) is 1.88. The van der Waals surface area contributed by atoms with Gasteiger partial charge in [-0.25, -0.2) is 0 Å². The Kier molecular flexibility index (Phi) is 3.65. The van der Waals surface area contributed by atoms with Crippen LogP contribution in [-0.4, -0.2) is 38.6 Å². The summed E-state index contributed by atoms with van der Waals surface area (Å²) in [4.78, 5) is 19.0. The van der Waals surface area contributed by atoms with Crippen LogP contribution in [0.2, 0.25) is 0 Å². The Morgan fingerprint density at radius 3 is 2.58 bits per heavy atom. The number of rotatable bonds is 3. The predicted molar refractivity (Wildman–Crippen MR) is 87.5 cm³/mol. The molecule has 0 bridgehead atoms. The lowest BCUT2D eigenvalue weighted by Crippen LogP contribution is -2.30. The standard InChI is InChI=1S/C18H18N4O2/c1-21-9-5-8-16(21)18(23)22-10-14(13-6-3-2-4-7-13)15(11-22)17-19-12-24-20-17/h2-9,12,14-15H,10-11H2,1H3/t14-,15+/m0/s1. The number of aryl methyl sites for hydroxylation is 1. The third-order valence-corrected chi connectivity index (χ3v) is 4.71. The van der Waals surface area contributed by atoms with Gasteiger partial charge in [-0.1, -0.05) is 35.5 Å². The van der Waals surface area contributed by atoms with Gasteiger partial charge in [-0.3, -0.25) is 4.79 Å². The number of hydrogen-bond donors (Lipinski definition) is 0. The van der Waals surface area contributed by atoms with Crippen LogP contribution < -0.4 is 0 Å². The largest absolute Gasteiger partial charge is 0.347 e. The highest BCUT2D eigenvalue weighted by Gasteiger charge is 2.39. The quantitative estimate of drug-likeness (QED) is 0.743. The van der Waals surface area contributed by atoms with Crippen LogP contribution in [0.25, 0.3) is 0 Å². The SMILES string of the molecule is Cn1cccc1C(=O)N1C[C@@H](c2ccccc2)[C@H](c2ncon2)C1. The first kappa shape index (κ1) is 14.7. The van der Waals surface area contributed by atoms with Crippen LogP contribution in [0.4, 0.5) is 0 Å². The lowest BCUT2D eigenvalue weighted by molar-refractivity contribution is 0.0779. The molecule has 2 aromatic heterocycles. The van der Waals surface area contributed by atoms with E-state index in [0.717, 1.165) is 0 Å². The Hall–Kier alpha value is -2.89. The number of carbonyl (C=O) groups is 1. The monoisotopic (exact) mass is 322 g/mol.